The Morgan fingerprint density at radius 2 is 2.32 bits per heavy atom. The Morgan fingerprint density at radius 3 is 3.05 bits per heavy atom. The molecule has 1 atom stereocenters. The second kappa shape index (κ2) is 6.04. The van der Waals surface area contributed by atoms with E-state index in [0.29, 0.717) is 19.5 Å². The van der Waals surface area contributed by atoms with E-state index in [1.165, 1.54) is 15.8 Å². The molecule has 116 valence electrons. The number of thiophene rings is 1. The molecule has 1 amide bonds. The molecule has 0 bridgehead atoms. The lowest BCUT2D eigenvalue weighted by atomic mass is 10.0. The average Bonchev–Trinajstić information content (AvgIpc) is 3.03. The smallest absolute Gasteiger partial charge is 0.256 e. The van der Waals surface area contributed by atoms with Gasteiger partial charge < -0.3 is 9.47 Å². The largest absolute Gasteiger partial charge is 0.336 e. The Bertz CT molecular complexity index is 736. The molecule has 1 aliphatic rings. The van der Waals surface area contributed by atoms with E-state index in [1.807, 2.05) is 23.3 Å². The van der Waals surface area contributed by atoms with Crippen molar-refractivity contribution in [2.45, 2.75) is 26.3 Å². The van der Waals surface area contributed by atoms with Crippen LogP contribution in [0.3, 0.4) is 0 Å². The number of nitrogens with zero attached hydrogens (tertiary/aromatic N) is 3. The van der Waals surface area contributed by atoms with Crippen LogP contribution in [0.2, 0.25) is 0 Å². The highest BCUT2D eigenvalue weighted by Crippen LogP contribution is 2.19. The minimum Gasteiger partial charge on any atom is -0.336 e. The maximum Gasteiger partial charge on any atom is 0.256 e. The van der Waals surface area contributed by atoms with Crippen LogP contribution in [-0.4, -0.2) is 26.9 Å². The monoisotopic (exact) mass is 317 g/mol. The number of fused-ring (bicyclic) bond motifs is 1. The molecule has 2 aromatic rings. The van der Waals surface area contributed by atoms with Crippen LogP contribution >= 0.6 is 11.3 Å². The predicted octanol–water partition coefficient (Wildman–Crippen LogP) is 1.61. The van der Waals surface area contributed by atoms with Gasteiger partial charge in [0, 0.05) is 30.0 Å². The van der Waals surface area contributed by atoms with Crippen molar-refractivity contribution in [2.24, 2.45) is 13.0 Å². The number of carbonyl (C=O) groups is 1. The van der Waals surface area contributed by atoms with Gasteiger partial charge in [-0.3, -0.25) is 9.59 Å². The summed E-state index contributed by atoms with van der Waals surface area (Å²) in [6.07, 6.45) is 2.89. The maximum atomic E-state index is 12.6. The van der Waals surface area contributed by atoms with Crippen LogP contribution in [0.5, 0.6) is 0 Å². The molecule has 0 N–H and O–H groups in total. The molecule has 3 rings (SSSR count). The average molecular weight is 317 g/mol. The van der Waals surface area contributed by atoms with Gasteiger partial charge in [-0.15, -0.1) is 11.3 Å². The summed E-state index contributed by atoms with van der Waals surface area (Å²) in [5, 5.41) is 2.03. The Balaban J connectivity index is 1.72. The molecule has 0 aromatic carbocycles. The van der Waals surface area contributed by atoms with Gasteiger partial charge in [0.05, 0.1) is 18.6 Å². The Labute approximate surface area is 133 Å². The van der Waals surface area contributed by atoms with Crippen LogP contribution in [0.1, 0.15) is 23.1 Å². The SMILES string of the molecule is CC(Cc1cccs1)C(=O)N1CCc2c(ncn(C)c2=O)C1. The molecule has 0 radical (unpaired) electrons. The van der Waals surface area contributed by atoms with Gasteiger partial charge >= 0.3 is 0 Å². The second-order valence-electron chi connectivity index (χ2n) is 5.78. The number of aryl methyl sites for hydroxylation is 1. The first-order valence-electron chi connectivity index (χ1n) is 7.41. The van der Waals surface area contributed by atoms with Crippen LogP contribution in [0.4, 0.5) is 0 Å². The van der Waals surface area contributed by atoms with E-state index in [1.54, 1.807) is 18.4 Å². The second-order valence-corrected chi connectivity index (χ2v) is 6.81. The molecule has 6 heteroatoms. The minimum absolute atomic E-state index is 0.00346. The van der Waals surface area contributed by atoms with Gasteiger partial charge in [0.1, 0.15) is 0 Å². The first-order valence-corrected chi connectivity index (χ1v) is 8.28. The fraction of sp³-hybridized carbons (Fsp3) is 0.438. The van der Waals surface area contributed by atoms with Crippen LogP contribution in [-0.2, 0) is 31.2 Å². The molecule has 2 aromatic heterocycles. The fourth-order valence-electron chi connectivity index (χ4n) is 2.83. The van der Waals surface area contributed by atoms with E-state index in [4.69, 9.17) is 0 Å². The highest BCUT2D eigenvalue weighted by Gasteiger charge is 2.27. The number of hydrogen-bond acceptors (Lipinski definition) is 4. The topological polar surface area (TPSA) is 55.2 Å². The lowest BCUT2D eigenvalue weighted by molar-refractivity contribution is -0.136. The Morgan fingerprint density at radius 1 is 1.50 bits per heavy atom. The number of amides is 1. The van der Waals surface area contributed by atoms with Gasteiger partial charge in [0.2, 0.25) is 5.91 Å². The third kappa shape index (κ3) is 2.83. The summed E-state index contributed by atoms with van der Waals surface area (Å²) in [5.74, 6) is 0.0910. The third-order valence-electron chi connectivity index (χ3n) is 4.11. The molecule has 0 aliphatic carbocycles. The van der Waals surface area contributed by atoms with Gasteiger partial charge in [0.15, 0.2) is 0 Å². The number of aromatic nitrogens is 2. The molecule has 0 saturated heterocycles. The van der Waals surface area contributed by atoms with Crippen molar-refractivity contribution in [3.63, 3.8) is 0 Å². The van der Waals surface area contributed by atoms with E-state index in [2.05, 4.69) is 11.1 Å². The summed E-state index contributed by atoms with van der Waals surface area (Å²) in [6, 6.07) is 4.07. The summed E-state index contributed by atoms with van der Waals surface area (Å²) >= 11 is 1.68. The fourth-order valence-corrected chi connectivity index (χ4v) is 3.67. The first kappa shape index (κ1) is 15.0. The van der Waals surface area contributed by atoms with Gasteiger partial charge in [-0.05, 0) is 24.3 Å². The Hall–Kier alpha value is -1.95. The van der Waals surface area contributed by atoms with E-state index in [0.717, 1.165) is 17.7 Å². The van der Waals surface area contributed by atoms with Crippen LogP contribution in [0.25, 0.3) is 0 Å². The molecule has 22 heavy (non-hydrogen) atoms. The molecule has 0 fully saturated rings. The van der Waals surface area contributed by atoms with Gasteiger partial charge in [-0.1, -0.05) is 13.0 Å². The van der Waals surface area contributed by atoms with Crippen molar-refractivity contribution in [3.8, 4) is 0 Å². The molecule has 1 unspecified atom stereocenters. The molecule has 3 heterocycles. The highest BCUT2D eigenvalue weighted by atomic mass is 32.1. The number of hydrogen-bond donors (Lipinski definition) is 0. The maximum absolute atomic E-state index is 12.6. The van der Waals surface area contributed by atoms with Crippen molar-refractivity contribution in [1.82, 2.24) is 14.5 Å². The van der Waals surface area contributed by atoms with Crippen LogP contribution in [0.15, 0.2) is 28.6 Å². The van der Waals surface area contributed by atoms with Gasteiger partial charge in [-0.25, -0.2) is 4.98 Å². The molecular formula is C16H19N3O2S. The summed E-state index contributed by atoms with van der Waals surface area (Å²) < 4.78 is 1.50. The van der Waals surface area contributed by atoms with E-state index in [-0.39, 0.29) is 17.4 Å². The van der Waals surface area contributed by atoms with Crippen LogP contribution < -0.4 is 5.56 Å². The van der Waals surface area contributed by atoms with Gasteiger partial charge in [-0.2, -0.15) is 0 Å². The highest BCUT2D eigenvalue weighted by molar-refractivity contribution is 7.09. The van der Waals surface area contributed by atoms with E-state index >= 15 is 0 Å². The zero-order valence-corrected chi connectivity index (χ0v) is 13.6. The third-order valence-corrected chi connectivity index (χ3v) is 5.01. The molecule has 1 aliphatic heterocycles. The molecule has 0 saturated carbocycles. The van der Waals surface area contributed by atoms with Crippen molar-refractivity contribution >= 4 is 17.2 Å². The summed E-state index contributed by atoms with van der Waals surface area (Å²) in [6.45, 7) is 3.01. The first-order chi connectivity index (χ1) is 10.6. The zero-order chi connectivity index (χ0) is 15.7. The molecule has 5 nitrogen and oxygen atoms in total. The van der Waals surface area contributed by atoms with Crippen molar-refractivity contribution in [3.05, 3.63) is 50.3 Å². The predicted molar refractivity (Wildman–Crippen MR) is 85.8 cm³/mol. The van der Waals surface area contributed by atoms with E-state index < -0.39 is 0 Å². The normalized spacial score (nSPS) is 15.5. The minimum atomic E-state index is -0.0493. The molecule has 0 spiro atoms. The summed E-state index contributed by atoms with van der Waals surface area (Å²) in [7, 11) is 1.70. The van der Waals surface area contributed by atoms with Crippen LogP contribution in [0, 0.1) is 5.92 Å². The van der Waals surface area contributed by atoms with Crippen molar-refractivity contribution in [2.75, 3.05) is 6.54 Å². The lowest BCUT2D eigenvalue weighted by Crippen LogP contribution is -2.42. The standard InChI is InChI=1S/C16H19N3O2S/c1-11(8-12-4-3-7-22-12)15(20)19-6-5-13-14(9-19)17-10-18(2)16(13)21/h3-4,7,10-11H,5-6,8-9H2,1-2H3. The quantitative estimate of drug-likeness (QED) is 0.864. The molecular weight excluding hydrogens is 298 g/mol. The van der Waals surface area contributed by atoms with Crippen molar-refractivity contribution in [1.29, 1.82) is 0 Å². The zero-order valence-electron chi connectivity index (χ0n) is 12.8. The van der Waals surface area contributed by atoms with Gasteiger partial charge in [0.25, 0.3) is 5.56 Å². The van der Waals surface area contributed by atoms with E-state index in [9.17, 15) is 9.59 Å². The number of rotatable bonds is 3. The van der Waals surface area contributed by atoms with Crippen molar-refractivity contribution < 1.29 is 4.79 Å². The number of carbonyl (C=O) groups excluding carboxylic acids is 1. The Kier molecular flexibility index (Phi) is 4.11. The lowest BCUT2D eigenvalue weighted by Gasteiger charge is -2.30. The summed E-state index contributed by atoms with van der Waals surface area (Å²) in [5.41, 5.74) is 1.50. The summed E-state index contributed by atoms with van der Waals surface area (Å²) in [4.78, 5) is 32.0.